The van der Waals surface area contributed by atoms with Crippen LogP contribution in [0.1, 0.15) is 32.6 Å². The Morgan fingerprint density at radius 2 is 2.21 bits per heavy atom. The number of hydrogen-bond donors (Lipinski definition) is 1. The van der Waals surface area contributed by atoms with Crippen molar-refractivity contribution in [3.8, 4) is 0 Å². The molecule has 1 fully saturated rings. The van der Waals surface area contributed by atoms with Crippen molar-refractivity contribution in [2.24, 2.45) is 11.7 Å². The molecule has 0 amide bonds. The highest BCUT2D eigenvalue weighted by Gasteiger charge is 2.27. The Bertz CT molecular complexity index is 154. The van der Waals surface area contributed by atoms with E-state index in [1.54, 1.807) is 7.11 Å². The molecule has 0 aromatic rings. The second-order valence-electron chi connectivity index (χ2n) is 4.15. The van der Waals surface area contributed by atoms with Crippen molar-refractivity contribution in [2.45, 2.75) is 43.9 Å². The molecular weight excluding hydrogens is 194 g/mol. The Labute approximate surface area is 92.0 Å². The molecular formula is C11H23NOS. The number of ether oxygens (including phenoxy) is 1. The lowest BCUT2D eigenvalue weighted by Crippen LogP contribution is -2.38. The third kappa shape index (κ3) is 3.79. The molecule has 0 spiro atoms. The van der Waals surface area contributed by atoms with E-state index in [0.29, 0.717) is 11.3 Å². The first-order valence-electron chi connectivity index (χ1n) is 5.64. The van der Waals surface area contributed by atoms with Gasteiger partial charge in [0.15, 0.2) is 0 Å². The predicted molar refractivity (Wildman–Crippen MR) is 63.7 cm³/mol. The van der Waals surface area contributed by atoms with E-state index in [9.17, 15) is 0 Å². The van der Waals surface area contributed by atoms with E-state index in [4.69, 9.17) is 10.5 Å². The van der Waals surface area contributed by atoms with Crippen molar-refractivity contribution in [3.05, 3.63) is 0 Å². The third-order valence-electron chi connectivity index (χ3n) is 3.15. The normalized spacial score (nSPS) is 33.2. The van der Waals surface area contributed by atoms with Crippen LogP contribution in [-0.4, -0.2) is 30.8 Å². The number of thioether (sulfide) groups is 1. The largest absolute Gasteiger partial charge is 0.384 e. The quantitative estimate of drug-likeness (QED) is 0.718. The van der Waals surface area contributed by atoms with Crippen molar-refractivity contribution in [1.82, 2.24) is 0 Å². The fraction of sp³-hybridized carbons (Fsp3) is 1.00. The second kappa shape index (κ2) is 6.70. The Morgan fingerprint density at radius 3 is 2.86 bits per heavy atom. The van der Waals surface area contributed by atoms with E-state index in [1.807, 2.05) is 11.8 Å². The van der Waals surface area contributed by atoms with Crippen LogP contribution in [0.4, 0.5) is 0 Å². The predicted octanol–water partition coefficient (Wildman–Crippen LogP) is 2.27. The molecule has 0 aromatic carbocycles. The first-order chi connectivity index (χ1) is 6.77. The average molecular weight is 217 g/mol. The number of methoxy groups -OCH3 is 1. The molecule has 1 rings (SSSR count). The zero-order chi connectivity index (χ0) is 10.4. The van der Waals surface area contributed by atoms with Crippen LogP contribution in [0.2, 0.25) is 0 Å². The minimum absolute atomic E-state index is 0.416. The lowest BCUT2D eigenvalue weighted by molar-refractivity contribution is 0.218. The zero-order valence-electron chi connectivity index (χ0n) is 9.37. The Morgan fingerprint density at radius 1 is 1.43 bits per heavy atom. The highest BCUT2D eigenvalue weighted by molar-refractivity contribution is 7.99. The molecule has 2 N–H and O–H groups in total. The Hall–Kier alpha value is 0.270. The molecule has 1 saturated carbocycles. The van der Waals surface area contributed by atoms with Gasteiger partial charge in [0.05, 0.1) is 6.61 Å². The molecule has 3 atom stereocenters. The maximum absolute atomic E-state index is 6.12. The minimum Gasteiger partial charge on any atom is -0.384 e. The van der Waals surface area contributed by atoms with Crippen molar-refractivity contribution in [2.75, 3.05) is 19.5 Å². The van der Waals surface area contributed by atoms with Gasteiger partial charge < -0.3 is 10.5 Å². The maximum Gasteiger partial charge on any atom is 0.0553 e. The first kappa shape index (κ1) is 12.3. The van der Waals surface area contributed by atoms with E-state index >= 15 is 0 Å². The first-order valence-corrected chi connectivity index (χ1v) is 6.69. The molecule has 1 aliphatic rings. The van der Waals surface area contributed by atoms with Crippen molar-refractivity contribution >= 4 is 11.8 Å². The topological polar surface area (TPSA) is 35.2 Å². The molecule has 84 valence electrons. The van der Waals surface area contributed by atoms with Gasteiger partial charge in [-0.2, -0.15) is 11.8 Å². The monoisotopic (exact) mass is 217 g/mol. The summed E-state index contributed by atoms with van der Waals surface area (Å²) in [5.41, 5.74) is 6.12. The summed E-state index contributed by atoms with van der Waals surface area (Å²) in [4.78, 5) is 0. The summed E-state index contributed by atoms with van der Waals surface area (Å²) in [6, 6.07) is 0.416. The van der Waals surface area contributed by atoms with E-state index < -0.39 is 0 Å². The molecule has 2 nitrogen and oxygen atoms in total. The number of rotatable bonds is 5. The fourth-order valence-electron chi connectivity index (χ4n) is 2.08. The smallest absolute Gasteiger partial charge is 0.0553 e. The van der Waals surface area contributed by atoms with Crippen LogP contribution in [0.25, 0.3) is 0 Å². The summed E-state index contributed by atoms with van der Waals surface area (Å²) in [6.07, 6.45) is 5.17. The van der Waals surface area contributed by atoms with Gasteiger partial charge in [0.25, 0.3) is 0 Å². The molecule has 3 heteroatoms. The number of nitrogens with two attached hydrogens (primary N) is 1. The summed E-state index contributed by atoms with van der Waals surface area (Å²) in [7, 11) is 1.76. The van der Waals surface area contributed by atoms with E-state index in [-0.39, 0.29) is 0 Å². The molecule has 0 radical (unpaired) electrons. The Kier molecular flexibility index (Phi) is 5.90. The van der Waals surface area contributed by atoms with Crippen molar-refractivity contribution in [1.29, 1.82) is 0 Å². The highest BCUT2D eigenvalue weighted by Crippen LogP contribution is 2.32. The third-order valence-corrected chi connectivity index (χ3v) is 4.52. The standard InChI is InChI=1S/C11H23NOS/c1-3-9-4-5-10(12)11(8-9)14-7-6-13-2/h9-11H,3-8,12H2,1-2H3. The SMILES string of the molecule is CCC1CCC(N)C(SCCOC)C1. The van der Waals surface area contributed by atoms with Crippen LogP contribution >= 0.6 is 11.8 Å². The molecule has 1 aliphatic carbocycles. The molecule has 0 heterocycles. The van der Waals surface area contributed by atoms with Gasteiger partial charge in [-0.05, 0) is 25.2 Å². The Balaban J connectivity index is 2.25. The van der Waals surface area contributed by atoms with Gasteiger partial charge in [-0.25, -0.2) is 0 Å². The van der Waals surface area contributed by atoms with Crippen LogP contribution in [0.15, 0.2) is 0 Å². The summed E-state index contributed by atoms with van der Waals surface area (Å²) in [6.45, 7) is 3.14. The molecule has 0 bridgehead atoms. The molecule has 0 aromatic heterocycles. The van der Waals surface area contributed by atoms with Gasteiger partial charge in [0, 0.05) is 24.2 Å². The van der Waals surface area contributed by atoms with Crippen LogP contribution in [0.3, 0.4) is 0 Å². The van der Waals surface area contributed by atoms with Crippen LogP contribution < -0.4 is 5.73 Å². The second-order valence-corrected chi connectivity index (χ2v) is 5.50. The summed E-state index contributed by atoms with van der Waals surface area (Å²) < 4.78 is 5.06. The van der Waals surface area contributed by atoms with Crippen LogP contribution in [0, 0.1) is 5.92 Å². The van der Waals surface area contributed by atoms with E-state index in [1.165, 1.54) is 25.7 Å². The van der Waals surface area contributed by atoms with Crippen molar-refractivity contribution in [3.63, 3.8) is 0 Å². The lowest BCUT2D eigenvalue weighted by Gasteiger charge is -2.33. The van der Waals surface area contributed by atoms with E-state index in [0.717, 1.165) is 18.3 Å². The van der Waals surface area contributed by atoms with E-state index in [2.05, 4.69) is 6.92 Å². The van der Waals surface area contributed by atoms with Gasteiger partial charge in [-0.15, -0.1) is 0 Å². The van der Waals surface area contributed by atoms with Gasteiger partial charge in [0.2, 0.25) is 0 Å². The highest BCUT2D eigenvalue weighted by atomic mass is 32.2. The van der Waals surface area contributed by atoms with Crippen molar-refractivity contribution < 1.29 is 4.74 Å². The number of hydrogen-bond acceptors (Lipinski definition) is 3. The van der Waals surface area contributed by atoms with Gasteiger partial charge >= 0.3 is 0 Å². The zero-order valence-corrected chi connectivity index (χ0v) is 10.2. The molecule has 3 unspecified atom stereocenters. The van der Waals surface area contributed by atoms with Gasteiger partial charge in [0.1, 0.15) is 0 Å². The molecule has 0 aliphatic heterocycles. The fourth-order valence-corrected chi connectivity index (χ4v) is 3.44. The summed E-state index contributed by atoms with van der Waals surface area (Å²) in [5, 5.41) is 0.670. The van der Waals surface area contributed by atoms with Gasteiger partial charge in [-0.3, -0.25) is 0 Å². The van der Waals surface area contributed by atoms with Crippen LogP contribution in [-0.2, 0) is 4.74 Å². The minimum atomic E-state index is 0.416. The van der Waals surface area contributed by atoms with Crippen LogP contribution in [0.5, 0.6) is 0 Å². The maximum atomic E-state index is 6.12. The average Bonchev–Trinajstić information content (AvgIpc) is 2.21. The molecule has 0 saturated heterocycles. The summed E-state index contributed by atoms with van der Waals surface area (Å²) >= 11 is 2.00. The molecule has 14 heavy (non-hydrogen) atoms. The lowest BCUT2D eigenvalue weighted by atomic mass is 9.84. The summed E-state index contributed by atoms with van der Waals surface area (Å²) in [5.74, 6) is 2.00. The van der Waals surface area contributed by atoms with Gasteiger partial charge in [-0.1, -0.05) is 13.3 Å².